The first kappa shape index (κ1) is 17.1. The van der Waals surface area contributed by atoms with E-state index in [1.807, 2.05) is 4.90 Å². The average molecular weight is 381 g/mol. The smallest absolute Gasteiger partial charge is 0.356 e. The molecule has 4 rings (SSSR count). The van der Waals surface area contributed by atoms with Crippen LogP contribution in [-0.2, 0) is 6.18 Å². The van der Waals surface area contributed by atoms with E-state index in [9.17, 15) is 13.2 Å². The van der Waals surface area contributed by atoms with Gasteiger partial charge in [0.25, 0.3) is 0 Å². The van der Waals surface area contributed by atoms with Crippen molar-refractivity contribution in [1.82, 2.24) is 14.6 Å². The number of hydrogen-bond acceptors (Lipinski definition) is 3. The Morgan fingerprint density at radius 1 is 1.12 bits per heavy atom. The van der Waals surface area contributed by atoms with Gasteiger partial charge in [-0.15, -0.1) is 0 Å². The minimum Gasteiger partial charge on any atom is -0.356 e. The van der Waals surface area contributed by atoms with Gasteiger partial charge in [-0.05, 0) is 25.8 Å². The van der Waals surface area contributed by atoms with Gasteiger partial charge < -0.3 is 4.90 Å². The van der Waals surface area contributed by atoms with Gasteiger partial charge in [-0.1, -0.05) is 29.8 Å². The lowest BCUT2D eigenvalue weighted by Gasteiger charge is -2.18. The second-order valence-corrected chi connectivity index (χ2v) is 6.79. The van der Waals surface area contributed by atoms with E-state index in [4.69, 9.17) is 11.6 Å². The molecule has 0 unspecified atom stereocenters. The minimum atomic E-state index is -4.61. The number of fused-ring (bicyclic) bond motifs is 1. The number of benzene rings is 1. The lowest BCUT2D eigenvalue weighted by atomic mass is 10.1. The molecule has 2 aromatic heterocycles. The van der Waals surface area contributed by atoms with Crippen LogP contribution in [0.15, 0.2) is 30.3 Å². The van der Waals surface area contributed by atoms with Crippen LogP contribution >= 0.6 is 11.6 Å². The monoisotopic (exact) mass is 380 g/mol. The van der Waals surface area contributed by atoms with Gasteiger partial charge in [0, 0.05) is 35.4 Å². The van der Waals surface area contributed by atoms with Crippen molar-refractivity contribution >= 4 is 23.1 Å². The van der Waals surface area contributed by atoms with Crippen molar-refractivity contribution in [3.05, 3.63) is 46.7 Å². The molecule has 8 heteroatoms. The van der Waals surface area contributed by atoms with Gasteiger partial charge in [0.15, 0.2) is 11.3 Å². The van der Waals surface area contributed by atoms with Crippen LogP contribution in [0.1, 0.15) is 24.2 Å². The Labute approximate surface area is 153 Å². The van der Waals surface area contributed by atoms with Gasteiger partial charge in [-0.25, -0.2) is 4.98 Å². The molecular weight excluding hydrogens is 365 g/mol. The zero-order valence-electron chi connectivity index (χ0n) is 14.0. The highest BCUT2D eigenvalue weighted by atomic mass is 35.5. The van der Waals surface area contributed by atoms with Crippen LogP contribution in [0.2, 0.25) is 5.02 Å². The van der Waals surface area contributed by atoms with E-state index in [0.717, 1.165) is 25.9 Å². The molecule has 0 atom stereocenters. The van der Waals surface area contributed by atoms with Crippen LogP contribution in [0, 0.1) is 6.92 Å². The fraction of sp³-hybridized carbons (Fsp3) is 0.333. The molecule has 1 aromatic carbocycles. The molecule has 26 heavy (non-hydrogen) atoms. The zero-order chi connectivity index (χ0) is 18.5. The van der Waals surface area contributed by atoms with Crippen molar-refractivity contribution in [3.63, 3.8) is 0 Å². The number of hydrogen-bond donors (Lipinski definition) is 0. The van der Waals surface area contributed by atoms with E-state index in [1.54, 1.807) is 37.3 Å². The molecule has 0 spiro atoms. The van der Waals surface area contributed by atoms with E-state index < -0.39 is 11.9 Å². The molecule has 1 aliphatic rings. The van der Waals surface area contributed by atoms with Gasteiger partial charge >= 0.3 is 6.18 Å². The summed E-state index contributed by atoms with van der Waals surface area (Å²) >= 11 is 6.20. The highest BCUT2D eigenvalue weighted by Crippen LogP contribution is 2.41. The highest BCUT2D eigenvalue weighted by Gasteiger charge is 2.40. The number of nitrogens with zero attached hydrogens (tertiary/aromatic N) is 4. The quantitative estimate of drug-likeness (QED) is 0.629. The highest BCUT2D eigenvalue weighted by molar-refractivity contribution is 6.33. The number of aryl methyl sites for hydroxylation is 1. The lowest BCUT2D eigenvalue weighted by Crippen LogP contribution is -2.21. The molecule has 0 N–H and O–H groups in total. The summed E-state index contributed by atoms with van der Waals surface area (Å²) < 4.78 is 42.6. The van der Waals surface area contributed by atoms with E-state index >= 15 is 0 Å². The fourth-order valence-corrected chi connectivity index (χ4v) is 3.63. The summed E-state index contributed by atoms with van der Waals surface area (Å²) in [5.74, 6) is 0.633. The predicted molar refractivity (Wildman–Crippen MR) is 94.6 cm³/mol. The van der Waals surface area contributed by atoms with E-state index in [0.29, 0.717) is 11.5 Å². The third kappa shape index (κ3) is 2.80. The van der Waals surface area contributed by atoms with Crippen LogP contribution in [0.4, 0.5) is 19.0 Å². The van der Waals surface area contributed by atoms with Gasteiger partial charge in [-0.3, -0.25) is 0 Å². The van der Waals surface area contributed by atoms with Gasteiger partial charge in [0.2, 0.25) is 0 Å². The van der Waals surface area contributed by atoms with Crippen molar-refractivity contribution in [2.45, 2.75) is 25.9 Å². The summed E-state index contributed by atoms with van der Waals surface area (Å²) in [6.07, 6.45) is -2.60. The first-order valence-electron chi connectivity index (χ1n) is 8.33. The average Bonchev–Trinajstić information content (AvgIpc) is 3.21. The molecule has 3 heterocycles. The number of anilines is 1. The largest absolute Gasteiger partial charge is 0.435 e. The van der Waals surface area contributed by atoms with Crippen molar-refractivity contribution in [2.75, 3.05) is 18.0 Å². The molecule has 1 aliphatic heterocycles. The first-order chi connectivity index (χ1) is 12.4. The van der Waals surface area contributed by atoms with Crippen LogP contribution in [0.25, 0.3) is 16.8 Å². The molecule has 136 valence electrons. The zero-order valence-corrected chi connectivity index (χ0v) is 14.8. The number of aromatic nitrogens is 3. The molecule has 4 nitrogen and oxygen atoms in total. The van der Waals surface area contributed by atoms with Crippen molar-refractivity contribution in [2.24, 2.45) is 0 Å². The third-order valence-electron chi connectivity index (χ3n) is 4.54. The molecule has 0 saturated carbocycles. The fourth-order valence-electron chi connectivity index (χ4n) is 3.40. The topological polar surface area (TPSA) is 33.4 Å². The Balaban J connectivity index is 2.07. The SMILES string of the molecule is Cc1cc(N2CCCC2)n2nc(C(F)(F)F)c(-c3ccccc3Cl)c2n1. The summed E-state index contributed by atoms with van der Waals surface area (Å²) in [5, 5.41) is 4.15. The van der Waals surface area contributed by atoms with Crippen LogP contribution < -0.4 is 4.90 Å². The summed E-state index contributed by atoms with van der Waals surface area (Å²) in [4.78, 5) is 6.42. The Morgan fingerprint density at radius 3 is 2.46 bits per heavy atom. The van der Waals surface area contributed by atoms with Crippen LogP contribution in [0.5, 0.6) is 0 Å². The summed E-state index contributed by atoms with van der Waals surface area (Å²) in [6.45, 7) is 3.36. The van der Waals surface area contributed by atoms with Crippen molar-refractivity contribution < 1.29 is 13.2 Å². The van der Waals surface area contributed by atoms with Gasteiger partial charge in [0.05, 0.1) is 5.56 Å². The Morgan fingerprint density at radius 2 is 1.81 bits per heavy atom. The maximum absolute atomic E-state index is 13.8. The first-order valence-corrected chi connectivity index (χ1v) is 8.71. The Kier molecular flexibility index (Phi) is 4.06. The number of rotatable bonds is 2. The normalized spacial score (nSPS) is 15.2. The predicted octanol–water partition coefficient (Wildman–Crippen LogP) is 4.98. The molecule has 0 radical (unpaired) electrons. The minimum absolute atomic E-state index is 0.0766. The standard InChI is InChI=1S/C18H16ClF3N4/c1-11-10-14(25-8-4-5-9-25)26-17(23-11)15(16(24-26)18(20,21)22)12-6-2-3-7-13(12)19/h2-3,6-7,10H,4-5,8-9H2,1H3. The Hall–Kier alpha value is -2.28. The maximum atomic E-state index is 13.8. The summed E-state index contributed by atoms with van der Waals surface area (Å²) in [6, 6.07) is 8.24. The molecule has 3 aromatic rings. The van der Waals surface area contributed by atoms with Crippen molar-refractivity contribution in [1.29, 1.82) is 0 Å². The van der Waals surface area contributed by atoms with Crippen LogP contribution in [0.3, 0.4) is 0 Å². The number of halogens is 4. The maximum Gasteiger partial charge on any atom is 0.435 e. The second kappa shape index (κ2) is 6.16. The second-order valence-electron chi connectivity index (χ2n) is 6.39. The van der Waals surface area contributed by atoms with Gasteiger partial charge in [-0.2, -0.15) is 22.8 Å². The molecule has 0 bridgehead atoms. The number of alkyl halides is 3. The molecule has 0 amide bonds. The molecule has 1 fully saturated rings. The third-order valence-corrected chi connectivity index (χ3v) is 4.87. The van der Waals surface area contributed by atoms with E-state index in [1.165, 1.54) is 4.52 Å². The molecular formula is C18H16ClF3N4. The van der Waals surface area contributed by atoms with Crippen molar-refractivity contribution in [3.8, 4) is 11.1 Å². The summed E-state index contributed by atoms with van der Waals surface area (Å²) in [7, 11) is 0. The van der Waals surface area contributed by atoms with Crippen LogP contribution in [-0.4, -0.2) is 27.7 Å². The van der Waals surface area contributed by atoms with E-state index in [-0.39, 0.29) is 21.8 Å². The molecule has 1 saturated heterocycles. The lowest BCUT2D eigenvalue weighted by molar-refractivity contribution is -0.140. The van der Waals surface area contributed by atoms with Gasteiger partial charge in [0.1, 0.15) is 5.82 Å². The molecule has 0 aliphatic carbocycles. The Bertz CT molecular complexity index is 974. The van der Waals surface area contributed by atoms with E-state index in [2.05, 4.69) is 10.1 Å². The summed E-state index contributed by atoms with van der Waals surface area (Å²) in [5.41, 5.74) is 0.0482.